The summed E-state index contributed by atoms with van der Waals surface area (Å²) in [6, 6.07) is 7.57. The Bertz CT molecular complexity index is 664. The molecule has 0 radical (unpaired) electrons. The van der Waals surface area contributed by atoms with E-state index in [2.05, 4.69) is 15.7 Å². The summed E-state index contributed by atoms with van der Waals surface area (Å²) in [5, 5.41) is 10.3. The fourth-order valence-electron chi connectivity index (χ4n) is 2.44. The van der Waals surface area contributed by atoms with Crippen LogP contribution in [0.1, 0.15) is 27.2 Å². The number of hydrogen-bond donors (Lipinski definition) is 2. The van der Waals surface area contributed by atoms with Crippen molar-refractivity contribution >= 4 is 5.91 Å². The molecule has 0 spiro atoms. The SMILES string of the molecule is CNC(=O)c1cccc(CNCc2c(C)nn(C)c2OC)c1. The van der Waals surface area contributed by atoms with Gasteiger partial charge in [-0.05, 0) is 24.6 Å². The molecular weight excluding hydrogens is 280 g/mol. The fraction of sp³-hybridized carbons (Fsp3) is 0.375. The minimum Gasteiger partial charge on any atom is -0.481 e. The van der Waals surface area contributed by atoms with Gasteiger partial charge in [0.15, 0.2) is 0 Å². The molecule has 1 aromatic heterocycles. The molecule has 0 fully saturated rings. The number of rotatable bonds is 6. The number of nitrogens with one attached hydrogen (secondary N) is 2. The quantitative estimate of drug-likeness (QED) is 0.846. The highest BCUT2D eigenvalue weighted by molar-refractivity contribution is 5.94. The molecule has 0 saturated heterocycles. The van der Waals surface area contributed by atoms with E-state index in [1.54, 1.807) is 24.9 Å². The molecule has 118 valence electrons. The summed E-state index contributed by atoms with van der Waals surface area (Å²) in [6.07, 6.45) is 0. The van der Waals surface area contributed by atoms with E-state index in [0.29, 0.717) is 18.7 Å². The second kappa shape index (κ2) is 7.09. The molecule has 0 atom stereocenters. The van der Waals surface area contributed by atoms with E-state index in [9.17, 15) is 4.79 Å². The summed E-state index contributed by atoms with van der Waals surface area (Å²) < 4.78 is 7.11. The number of carbonyl (C=O) groups is 1. The predicted molar refractivity (Wildman–Crippen MR) is 84.9 cm³/mol. The second-order valence-electron chi connectivity index (χ2n) is 5.08. The number of ether oxygens (including phenoxy) is 1. The predicted octanol–water partition coefficient (Wildman–Crippen LogP) is 1.39. The number of carbonyl (C=O) groups excluding carboxylic acids is 1. The molecule has 0 unspecified atom stereocenters. The first-order valence-corrected chi connectivity index (χ1v) is 7.15. The Morgan fingerprint density at radius 1 is 1.36 bits per heavy atom. The van der Waals surface area contributed by atoms with Crippen LogP contribution < -0.4 is 15.4 Å². The van der Waals surface area contributed by atoms with Gasteiger partial charge in [0.25, 0.3) is 5.91 Å². The molecule has 1 amide bonds. The van der Waals surface area contributed by atoms with Gasteiger partial charge >= 0.3 is 0 Å². The van der Waals surface area contributed by atoms with Crippen LogP contribution in [-0.4, -0.2) is 29.8 Å². The van der Waals surface area contributed by atoms with Gasteiger partial charge in [-0.15, -0.1) is 0 Å². The van der Waals surface area contributed by atoms with Gasteiger partial charge in [-0.25, -0.2) is 4.68 Å². The highest BCUT2D eigenvalue weighted by Gasteiger charge is 2.13. The highest BCUT2D eigenvalue weighted by atomic mass is 16.5. The number of aromatic nitrogens is 2. The molecule has 6 heteroatoms. The summed E-state index contributed by atoms with van der Waals surface area (Å²) in [5.41, 5.74) is 3.72. The van der Waals surface area contributed by atoms with Crippen molar-refractivity contribution in [2.75, 3.05) is 14.2 Å². The molecule has 0 bridgehead atoms. The average Bonchev–Trinajstić information content (AvgIpc) is 2.80. The second-order valence-corrected chi connectivity index (χ2v) is 5.08. The molecule has 0 aliphatic rings. The van der Waals surface area contributed by atoms with Gasteiger partial charge in [0.1, 0.15) is 0 Å². The van der Waals surface area contributed by atoms with Crippen LogP contribution in [0, 0.1) is 6.92 Å². The number of benzene rings is 1. The van der Waals surface area contributed by atoms with Crippen molar-refractivity contribution in [1.82, 2.24) is 20.4 Å². The third kappa shape index (κ3) is 3.46. The van der Waals surface area contributed by atoms with E-state index >= 15 is 0 Å². The average molecular weight is 302 g/mol. The van der Waals surface area contributed by atoms with Crippen LogP contribution in [0.5, 0.6) is 5.88 Å². The lowest BCUT2D eigenvalue weighted by molar-refractivity contribution is 0.0963. The molecule has 2 rings (SSSR count). The summed E-state index contributed by atoms with van der Waals surface area (Å²) >= 11 is 0. The molecule has 6 nitrogen and oxygen atoms in total. The molecule has 1 heterocycles. The van der Waals surface area contributed by atoms with Crippen molar-refractivity contribution in [3.05, 3.63) is 46.6 Å². The maximum Gasteiger partial charge on any atom is 0.251 e. The first-order valence-electron chi connectivity index (χ1n) is 7.15. The van der Waals surface area contributed by atoms with Crippen LogP contribution in [0.25, 0.3) is 0 Å². The third-order valence-electron chi connectivity index (χ3n) is 3.53. The van der Waals surface area contributed by atoms with Crippen LogP contribution in [0.3, 0.4) is 0 Å². The Morgan fingerprint density at radius 3 is 2.82 bits per heavy atom. The van der Waals surface area contributed by atoms with Gasteiger partial charge in [0.05, 0.1) is 18.4 Å². The van der Waals surface area contributed by atoms with Gasteiger partial charge in [-0.2, -0.15) is 5.10 Å². The summed E-state index contributed by atoms with van der Waals surface area (Å²) in [7, 11) is 5.14. The summed E-state index contributed by atoms with van der Waals surface area (Å²) in [4.78, 5) is 11.6. The number of methoxy groups -OCH3 is 1. The van der Waals surface area contributed by atoms with Crippen molar-refractivity contribution in [2.45, 2.75) is 20.0 Å². The zero-order chi connectivity index (χ0) is 16.1. The first kappa shape index (κ1) is 16.0. The summed E-state index contributed by atoms with van der Waals surface area (Å²) in [5.74, 6) is 0.690. The smallest absolute Gasteiger partial charge is 0.251 e. The van der Waals surface area contributed by atoms with Crippen LogP contribution in [0.2, 0.25) is 0 Å². The Hall–Kier alpha value is -2.34. The monoisotopic (exact) mass is 302 g/mol. The van der Waals surface area contributed by atoms with E-state index in [0.717, 1.165) is 22.7 Å². The summed E-state index contributed by atoms with van der Waals surface area (Å²) in [6.45, 7) is 3.29. The number of hydrogen-bond acceptors (Lipinski definition) is 4. The Balaban J connectivity index is 2.01. The molecular formula is C16H22N4O2. The largest absolute Gasteiger partial charge is 0.481 e. The molecule has 0 aliphatic carbocycles. The Kier molecular flexibility index (Phi) is 5.16. The maximum atomic E-state index is 11.6. The Labute approximate surface area is 130 Å². The third-order valence-corrected chi connectivity index (χ3v) is 3.53. The number of amides is 1. The van der Waals surface area contributed by atoms with Gasteiger partial charge in [-0.1, -0.05) is 12.1 Å². The molecule has 2 N–H and O–H groups in total. The lowest BCUT2D eigenvalue weighted by Gasteiger charge is -2.08. The first-order chi connectivity index (χ1) is 10.6. The lowest BCUT2D eigenvalue weighted by Crippen LogP contribution is -2.18. The molecule has 1 aromatic carbocycles. The van der Waals surface area contributed by atoms with Crippen molar-refractivity contribution in [1.29, 1.82) is 0 Å². The zero-order valence-electron chi connectivity index (χ0n) is 13.4. The van der Waals surface area contributed by atoms with Crippen LogP contribution in [0.4, 0.5) is 0 Å². The van der Waals surface area contributed by atoms with Crippen LogP contribution >= 0.6 is 0 Å². The van der Waals surface area contributed by atoms with E-state index in [1.165, 1.54) is 0 Å². The molecule has 22 heavy (non-hydrogen) atoms. The molecule has 0 aliphatic heterocycles. The Morgan fingerprint density at radius 2 is 2.14 bits per heavy atom. The van der Waals surface area contributed by atoms with Crippen molar-refractivity contribution in [2.24, 2.45) is 7.05 Å². The standard InChI is InChI=1S/C16H22N4O2/c1-11-14(16(22-4)20(3)19-11)10-18-9-12-6-5-7-13(8-12)15(21)17-2/h5-8,18H,9-10H2,1-4H3,(H,17,21). The van der Waals surface area contributed by atoms with Gasteiger partial charge < -0.3 is 15.4 Å². The zero-order valence-corrected chi connectivity index (χ0v) is 13.4. The van der Waals surface area contributed by atoms with Crippen LogP contribution in [0.15, 0.2) is 24.3 Å². The minimum absolute atomic E-state index is 0.0772. The van der Waals surface area contributed by atoms with Gasteiger partial charge in [0.2, 0.25) is 5.88 Å². The minimum atomic E-state index is -0.0772. The number of aryl methyl sites for hydroxylation is 2. The van der Waals surface area contributed by atoms with Crippen molar-refractivity contribution in [3.63, 3.8) is 0 Å². The normalized spacial score (nSPS) is 10.5. The lowest BCUT2D eigenvalue weighted by atomic mass is 10.1. The topological polar surface area (TPSA) is 68.2 Å². The van der Waals surface area contributed by atoms with Gasteiger partial charge in [0, 0.05) is 32.7 Å². The molecule has 2 aromatic rings. The number of nitrogens with zero attached hydrogens (tertiary/aromatic N) is 2. The van der Waals surface area contributed by atoms with E-state index in [1.807, 2.05) is 32.2 Å². The van der Waals surface area contributed by atoms with Crippen LogP contribution in [-0.2, 0) is 20.1 Å². The van der Waals surface area contributed by atoms with Crippen molar-refractivity contribution in [3.8, 4) is 5.88 Å². The maximum absolute atomic E-state index is 11.6. The van der Waals surface area contributed by atoms with Crippen molar-refractivity contribution < 1.29 is 9.53 Å². The molecule has 0 saturated carbocycles. The fourth-order valence-corrected chi connectivity index (χ4v) is 2.44. The van der Waals surface area contributed by atoms with E-state index in [-0.39, 0.29) is 5.91 Å². The van der Waals surface area contributed by atoms with E-state index < -0.39 is 0 Å². The van der Waals surface area contributed by atoms with E-state index in [4.69, 9.17) is 4.74 Å². The van der Waals surface area contributed by atoms with Gasteiger partial charge in [-0.3, -0.25) is 4.79 Å². The highest BCUT2D eigenvalue weighted by Crippen LogP contribution is 2.20.